The van der Waals surface area contributed by atoms with Gasteiger partial charge in [-0.15, -0.1) is 0 Å². The summed E-state index contributed by atoms with van der Waals surface area (Å²) in [6, 6.07) is 4.55. The monoisotopic (exact) mass is 311 g/mol. The minimum Gasteiger partial charge on any atom is -0.478 e. The molecule has 0 amide bonds. The largest absolute Gasteiger partial charge is 0.478 e. The third-order valence-corrected chi connectivity index (χ3v) is 3.04. The molecule has 3 aromatic rings. The minimum atomic E-state index is -1.13. The van der Waals surface area contributed by atoms with Crippen LogP contribution in [0.2, 0.25) is 0 Å². The number of hydrogen-bond acceptors (Lipinski definition) is 5. The average molecular weight is 311 g/mol. The molecule has 0 radical (unpaired) electrons. The highest BCUT2D eigenvalue weighted by atomic mass is 19.1. The Labute approximate surface area is 129 Å². The Hall–Kier alpha value is -3.42. The standard InChI is InChI=1S/C15H10FN5O2/c16-12-5-10(2-4-14(12)21-9-18-8-20-21)1-3-13-11(15(22)23)6-17-7-19-13/h1-9H,(H,22,23). The lowest BCUT2D eigenvalue weighted by atomic mass is 10.1. The van der Waals surface area contributed by atoms with Crippen LogP contribution in [0.4, 0.5) is 4.39 Å². The van der Waals surface area contributed by atoms with E-state index in [0.717, 1.165) is 0 Å². The molecule has 1 aromatic carbocycles. The first-order chi connectivity index (χ1) is 11.1. The predicted octanol–water partition coefficient (Wildman–Crippen LogP) is 2.06. The van der Waals surface area contributed by atoms with Gasteiger partial charge in [0.05, 0.1) is 5.69 Å². The van der Waals surface area contributed by atoms with Crippen LogP contribution in [0.25, 0.3) is 17.8 Å². The summed E-state index contributed by atoms with van der Waals surface area (Å²) in [5.74, 6) is -1.60. The van der Waals surface area contributed by atoms with Crippen molar-refractivity contribution in [1.29, 1.82) is 0 Å². The van der Waals surface area contributed by atoms with Gasteiger partial charge in [0.15, 0.2) is 0 Å². The van der Waals surface area contributed by atoms with Crippen LogP contribution in [0.15, 0.2) is 43.4 Å². The van der Waals surface area contributed by atoms with Crippen LogP contribution in [0.1, 0.15) is 21.6 Å². The van der Waals surface area contributed by atoms with Crippen LogP contribution < -0.4 is 0 Å². The van der Waals surface area contributed by atoms with Crippen molar-refractivity contribution < 1.29 is 14.3 Å². The second-order valence-electron chi connectivity index (χ2n) is 4.51. The molecule has 0 unspecified atom stereocenters. The molecule has 3 rings (SSSR count). The molecule has 0 aliphatic carbocycles. The minimum absolute atomic E-state index is 0.0246. The van der Waals surface area contributed by atoms with E-state index >= 15 is 0 Å². The molecule has 0 aliphatic rings. The van der Waals surface area contributed by atoms with Gasteiger partial charge in [0.2, 0.25) is 0 Å². The van der Waals surface area contributed by atoms with Crippen molar-refractivity contribution >= 4 is 18.1 Å². The van der Waals surface area contributed by atoms with Crippen LogP contribution in [0.5, 0.6) is 0 Å². The fourth-order valence-electron chi connectivity index (χ4n) is 1.96. The number of aromatic nitrogens is 5. The van der Waals surface area contributed by atoms with Crippen molar-refractivity contribution in [3.8, 4) is 5.69 Å². The van der Waals surface area contributed by atoms with Gasteiger partial charge in [0.25, 0.3) is 0 Å². The Balaban J connectivity index is 1.89. The lowest BCUT2D eigenvalue weighted by Crippen LogP contribution is -2.02. The fraction of sp³-hybridized carbons (Fsp3) is 0. The van der Waals surface area contributed by atoms with Gasteiger partial charge < -0.3 is 5.11 Å². The highest BCUT2D eigenvalue weighted by molar-refractivity contribution is 5.92. The molecule has 7 nitrogen and oxygen atoms in total. The fourth-order valence-corrected chi connectivity index (χ4v) is 1.96. The van der Waals surface area contributed by atoms with E-state index in [1.54, 1.807) is 18.2 Å². The van der Waals surface area contributed by atoms with Crippen molar-refractivity contribution in [2.45, 2.75) is 0 Å². The van der Waals surface area contributed by atoms with Crippen LogP contribution in [-0.4, -0.2) is 35.8 Å². The average Bonchev–Trinajstić information content (AvgIpc) is 3.07. The summed E-state index contributed by atoms with van der Waals surface area (Å²) >= 11 is 0. The maximum atomic E-state index is 14.1. The molecule has 0 spiro atoms. The maximum absolute atomic E-state index is 14.1. The van der Waals surface area contributed by atoms with E-state index in [9.17, 15) is 9.18 Å². The summed E-state index contributed by atoms with van der Waals surface area (Å²) in [4.78, 5) is 22.4. The predicted molar refractivity (Wildman–Crippen MR) is 79.2 cm³/mol. The lowest BCUT2D eigenvalue weighted by molar-refractivity contribution is 0.0695. The number of carbonyl (C=O) groups is 1. The van der Waals surface area contributed by atoms with Crippen molar-refractivity contribution in [3.05, 3.63) is 66.0 Å². The normalized spacial score (nSPS) is 11.0. The van der Waals surface area contributed by atoms with E-state index in [1.807, 2.05) is 0 Å². The van der Waals surface area contributed by atoms with Gasteiger partial charge in [-0.3, -0.25) is 0 Å². The molecule has 0 bridgehead atoms. The third-order valence-electron chi connectivity index (χ3n) is 3.04. The molecule has 0 saturated carbocycles. The van der Waals surface area contributed by atoms with Gasteiger partial charge in [0.1, 0.15) is 36.1 Å². The first kappa shape index (κ1) is 14.5. The number of nitrogens with zero attached hydrogens (tertiary/aromatic N) is 5. The third kappa shape index (κ3) is 3.10. The van der Waals surface area contributed by atoms with Crippen molar-refractivity contribution in [2.75, 3.05) is 0 Å². The molecule has 0 aliphatic heterocycles. The zero-order chi connectivity index (χ0) is 16.2. The van der Waals surface area contributed by atoms with E-state index in [0.29, 0.717) is 5.56 Å². The van der Waals surface area contributed by atoms with Crippen LogP contribution in [0.3, 0.4) is 0 Å². The molecule has 2 heterocycles. The first-order valence-corrected chi connectivity index (χ1v) is 6.51. The van der Waals surface area contributed by atoms with E-state index in [2.05, 4.69) is 20.1 Å². The molecule has 114 valence electrons. The number of hydrogen-bond donors (Lipinski definition) is 1. The van der Waals surface area contributed by atoms with Gasteiger partial charge in [0, 0.05) is 6.20 Å². The van der Waals surface area contributed by atoms with Crippen molar-refractivity contribution in [1.82, 2.24) is 24.7 Å². The molecular weight excluding hydrogens is 301 g/mol. The summed E-state index contributed by atoms with van der Waals surface area (Å²) < 4.78 is 15.4. The molecule has 1 N–H and O–H groups in total. The zero-order valence-electron chi connectivity index (χ0n) is 11.7. The number of carboxylic acids is 1. The van der Waals surface area contributed by atoms with Gasteiger partial charge in [-0.05, 0) is 23.8 Å². The molecule has 8 heteroatoms. The second kappa shape index (κ2) is 6.14. The van der Waals surface area contributed by atoms with Crippen molar-refractivity contribution in [2.24, 2.45) is 0 Å². The Morgan fingerprint density at radius 2 is 2.09 bits per heavy atom. The highest BCUT2D eigenvalue weighted by Crippen LogP contribution is 2.16. The topological polar surface area (TPSA) is 93.8 Å². The molecule has 0 fully saturated rings. The maximum Gasteiger partial charge on any atom is 0.339 e. The van der Waals surface area contributed by atoms with Crippen LogP contribution in [-0.2, 0) is 0 Å². The number of aromatic carboxylic acids is 1. The van der Waals surface area contributed by atoms with E-state index < -0.39 is 11.8 Å². The van der Waals surface area contributed by atoms with Gasteiger partial charge in [-0.2, -0.15) is 5.10 Å². The number of rotatable bonds is 4. The quantitative estimate of drug-likeness (QED) is 0.792. The van der Waals surface area contributed by atoms with Crippen molar-refractivity contribution in [3.63, 3.8) is 0 Å². The van der Waals surface area contributed by atoms with Gasteiger partial charge in [-0.1, -0.05) is 12.1 Å². The summed E-state index contributed by atoms with van der Waals surface area (Å²) in [5, 5.41) is 12.9. The molecule has 2 aromatic heterocycles. The Morgan fingerprint density at radius 3 is 2.78 bits per heavy atom. The summed E-state index contributed by atoms with van der Waals surface area (Å²) in [7, 11) is 0. The zero-order valence-corrected chi connectivity index (χ0v) is 11.7. The summed E-state index contributed by atoms with van der Waals surface area (Å²) in [6.07, 6.45) is 8.24. The Morgan fingerprint density at radius 1 is 1.22 bits per heavy atom. The highest BCUT2D eigenvalue weighted by Gasteiger charge is 2.09. The van der Waals surface area contributed by atoms with Crippen LogP contribution in [0, 0.1) is 5.82 Å². The first-order valence-electron chi connectivity index (χ1n) is 6.51. The van der Waals surface area contributed by atoms with Gasteiger partial charge >= 0.3 is 5.97 Å². The Kier molecular flexibility index (Phi) is 3.88. The lowest BCUT2D eigenvalue weighted by Gasteiger charge is -2.03. The van der Waals surface area contributed by atoms with E-state index in [4.69, 9.17) is 5.11 Å². The smallest absolute Gasteiger partial charge is 0.339 e. The number of benzene rings is 1. The summed E-state index contributed by atoms with van der Waals surface area (Å²) in [5.41, 5.74) is 1.05. The Bertz CT molecular complexity index is 877. The number of carboxylic acid groups (broad SMARTS) is 1. The SMILES string of the molecule is O=C(O)c1cncnc1C=Cc1ccc(-n2cncn2)c(F)c1. The van der Waals surface area contributed by atoms with E-state index in [-0.39, 0.29) is 16.9 Å². The molecule has 23 heavy (non-hydrogen) atoms. The van der Waals surface area contributed by atoms with E-state index in [1.165, 1.54) is 42.0 Å². The molecule has 0 saturated heterocycles. The number of halogens is 1. The molecular formula is C15H10FN5O2. The summed E-state index contributed by atoms with van der Waals surface area (Å²) in [6.45, 7) is 0. The van der Waals surface area contributed by atoms with Crippen LogP contribution >= 0.6 is 0 Å². The molecule has 0 atom stereocenters. The van der Waals surface area contributed by atoms with Gasteiger partial charge in [-0.25, -0.2) is 28.8 Å². The second-order valence-corrected chi connectivity index (χ2v) is 4.51.